The molecule has 0 N–H and O–H groups in total. The van der Waals surface area contributed by atoms with E-state index in [2.05, 4.69) is 0 Å². The normalized spacial score (nSPS) is 26.5. The zero-order valence-electron chi connectivity index (χ0n) is 28.0. The third-order valence-corrected chi connectivity index (χ3v) is 18.6. The Hall–Kier alpha value is -5.31. The maximum Gasteiger partial charge on any atom is 0.387 e. The highest BCUT2D eigenvalue weighted by Gasteiger charge is 2.92. The van der Waals surface area contributed by atoms with Crippen LogP contribution in [0, 0.1) is 69.8 Å². The van der Waals surface area contributed by atoms with Gasteiger partial charge in [0, 0.05) is 0 Å². The average molecular weight is 919 g/mol. The smallest absolute Gasteiger partial charge is 0.281 e. The maximum absolute atomic E-state index is 19.2. The lowest BCUT2D eigenvalue weighted by molar-refractivity contribution is 0.105. The molecule has 0 bridgehead atoms. The summed E-state index contributed by atoms with van der Waals surface area (Å²) >= 11 is -11.0. The first-order valence-corrected chi connectivity index (χ1v) is 18.3. The standard InChI is InChI=1S/4C9HF6.Al/c4*10-3-1-2-4(7(13)6(3)12)8(14)9(15)5(2)11;/h4*1H;/q;;;;-1. The quantitative estimate of drug-likeness (QED) is 0.109. The van der Waals surface area contributed by atoms with E-state index in [-0.39, 0.29) is 0 Å². The van der Waals surface area contributed by atoms with Gasteiger partial charge in [0.2, 0.25) is 0 Å². The Labute approximate surface area is 321 Å². The number of hydrogen-bond donors (Lipinski definition) is 0. The van der Waals surface area contributed by atoms with Crippen LogP contribution >= 0.6 is 0 Å². The summed E-state index contributed by atoms with van der Waals surface area (Å²) in [5.41, 5.74) is -24.5. The monoisotopic (exact) mass is 919 g/mol. The summed E-state index contributed by atoms with van der Waals surface area (Å²) in [6, 6.07) is -4.82. The van der Waals surface area contributed by atoms with E-state index in [9.17, 15) is 17.6 Å². The van der Waals surface area contributed by atoms with Gasteiger partial charge in [-0.2, -0.15) is 0 Å². The third-order valence-electron chi connectivity index (χ3n) is 11.5. The van der Waals surface area contributed by atoms with Crippen LogP contribution in [-0.4, -0.2) is 13.1 Å². The van der Waals surface area contributed by atoms with E-state index in [1.807, 2.05) is 0 Å². The highest BCUT2D eigenvalue weighted by molar-refractivity contribution is 6.91. The molecule has 0 amide bonds. The lowest BCUT2D eigenvalue weighted by Crippen LogP contribution is -2.83. The van der Waals surface area contributed by atoms with E-state index < -0.39 is 216 Å². The summed E-state index contributed by atoms with van der Waals surface area (Å²) in [5, 5.41) is 0. The van der Waals surface area contributed by atoms with Crippen LogP contribution in [0.3, 0.4) is 0 Å². The van der Waals surface area contributed by atoms with Crippen LogP contribution in [0.2, 0.25) is 0 Å². The molecule has 4 unspecified atom stereocenters. The van der Waals surface area contributed by atoms with E-state index in [1.54, 1.807) is 0 Å². The summed E-state index contributed by atoms with van der Waals surface area (Å²) in [6.45, 7) is 0. The number of halogens is 24. The Balaban J connectivity index is 1.81. The topological polar surface area (TPSA) is 0 Å². The molecule has 25 heteroatoms. The minimum Gasteiger partial charge on any atom is -0.281 e. The summed E-state index contributed by atoms with van der Waals surface area (Å²) in [7, 11) is 0. The highest BCUT2D eigenvalue weighted by Crippen LogP contribution is 2.79. The van der Waals surface area contributed by atoms with Crippen LogP contribution < -0.4 is 0 Å². The molecule has 320 valence electrons. The highest BCUT2D eigenvalue weighted by atomic mass is 27.2. The van der Waals surface area contributed by atoms with Gasteiger partial charge in [-0.3, -0.25) is 17.6 Å². The van der Waals surface area contributed by atoms with Gasteiger partial charge in [-0.25, -0.2) is 87.8 Å². The molecule has 8 rings (SSSR count). The van der Waals surface area contributed by atoms with Crippen LogP contribution in [-0.2, 0) is 18.1 Å². The number of hydrogen-bond acceptors (Lipinski definition) is 0. The Morgan fingerprint density at radius 1 is 0.262 bits per heavy atom. The molecule has 4 aromatic carbocycles. The van der Waals surface area contributed by atoms with Crippen LogP contribution in [0.4, 0.5) is 105 Å². The number of allylic oxidation sites excluding steroid dienone is 4. The first kappa shape index (κ1) is 42.4. The van der Waals surface area contributed by atoms with Gasteiger partial charge < -0.3 is 0 Å². The first-order valence-electron chi connectivity index (χ1n) is 16.0. The fraction of sp³-hybridized carbons (Fsp3) is 0.111. The molecule has 4 atom stereocenters. The van der Waals surface area contributed by atoms with Gasteiger partial charge in [0.05, 0.1) is 40.4 Å². The molecule has 0 nitrogen and oxygen atoms in total. The van der Waals surface area contributed by atoms with Crippen molar-refractivity contribution < 1.29 is 105 Å². The van der Waals surface area contributed by atoms with Crippen LogP contribution in [0.1, 0.15) is 44.5 Å². The second-order valence-electron chi connectivity index (χ2n) is 13.9. The predicted octanol–water partition coefficient (Wildman–Crippen LogP) is 13.2. The van der Waals surface area contributed by atoms with Gasteiger partial charge in [-0.05, 0) is 46.5 Å². The molecule has 0 aromatic heterocycles. The van der Waals surface area contributed by atoms with Gasteiger partial charge in [-0.15, -0.1) is 0 Å². The first-order chi connectivity index (χ1) is 28.1. The van der Waals surface area contributed by atoms with Gasteiger partial charge in [0.25, 0.3) is 0 Å². The Bertz CT molecular complexity index is 2550. The van der Waals surface area contributed by atoms with Gasteiger partial charge >= 0.3 is 13.1 Å². The van der Waals surface area contributed by atoms with Gasteiger partial charge in [0.15, 0.2) is 93.1 Å². The van der Waals surface area contributed by atoms with Crippen molar-refractivity contribution in [3.8, 4) is 0 Å². The molecule has 0 radical (unpaired) electrons. The molecular formula is C36H4AlF24-. The maximum atomic E-state index is 19.2. The van der Waals surface area contributed by atoms with Crippen molar-refractivity contribution in [1.82, 2.24) is 0 Å². The fourth-order valence-corrected chi connectivity index (χ4v) is 17.4. The summed E-state index contributed by atoms with van der Waals surface area (Å²) in [6.07, 6.45) is 0. The van der Waals surface area contributed by atoms with E-state index in [0.717, 1.165) is 0 Å². The minimum atomic E-state index is -11.0. The third kappa shape index (κ3) is 4.18. The molecule has 0 spiro atoms. The van der Waals surface area contributed by atoms with Crippen molar-refractivity contribution in [2.45, 2.75) is 18.1 Å². The zero-order valence-corrected chi connectivity index (χ0v) is 29.1. The fourth-order valence-electron chi connectivity index (χ4n) is 9.27. The Morgan fingerprint density at radius 2 is 0.426 bits per heavy atom. The van der Waals surface area contributed by atoms with E-state index in [1.165, 1.54) is 0 Å². The largest absolute Gasteiger partial charge is 0.387 e. The van der Waals surface area contributed by atoms with Gasteiger partial charge in [-0.1, -0.05) is 0 Å². The molecule has 0 saturated heterocycles. The van der Waals surface area contributed by atoms with E-state index in [4.69, 9.17) is 0 Å². The second kappa shape index (κ2) is 12.4. The SMILES string of the molecule is FC1=C(F)[C](F)([Al-]([C]2(F)C(F)=C(F)c3c2cc(F)c(F)c3F)([C]2(F)C(F)=C(F)c3c2cc(F)c(F)c3F)[C]2(F)C(F)=C(F)c3c2cc(F)c(F)c3F)c2cc(F)c(F)c(F)c21. The molecule has 0 saturated carbocycles. The molecular weight excluding hydrogens is 915 g/mol. The van der Waals surface area contributed by atoms with Crippen molar-refractivity contribution >= 4 is 36.4 Å². The van der Waals surface area contributed by atoms with Crippen molar-refractivity contribution in [1.29, 1.82) is 0 Å². The Kier molecular flexibility index (Phi) is 8.63. The number of rotatable bonds is 4. The van der Waals surface area contributed by atoms with Gasteiger partial charge in [0.1, 0.15) is 23.3 Å². The molecule has 4 aliphatic rings. The number of alkyl halides is 4. The number of benzene rings is 4. The summed E-state index contributed by atoms with van der Waals surface area (Å²) < 4.78 is 361. The Morgan fingerprint density at radius 3 is 0.590 bits per heavy atom. The summed E-state index contributed by atoms with van der Waals surface area (Å²) in [5.74, 6) is -68.9. The van der Waals surface area contributed by atoms with Crippen molar-refractivity contribution in [2.24, 2.45) is 0 Å². The van der Waals surface area contributed by atoms with Crippen molar-refractivity contribution in [3.63, 3.8) is 0 Å². The summed E-state index contributed by atoms with van der Waals surface area (Å²) in [4.78, 5) is 0. The van der Waals surface area contributed by atoms with Crippen molar-refractivity contribution in [3.05, 3.63) is 162 Å². The van der Waals surface area contributed by atoms with Crippen LogP contribution in [0.15, 0.2) is 47.6 Å². The molecule has 0 heterocycles. The van der Waals surface area contributed by atoms with E-state index >= 15 is 87.8 Å². The van der Waals surface area contributed by atoms with Crippen molar-refractivity contribution in [2.75, 3.05) is 0 Å². The average Bonchev–Trinajstić information content (AvgIpc) is 3.69. The predicted molar refractivity (Wildman–Crippen MR) is 159 cm³/mol. The molecule has 0 fully saturated rings. The lowest BCUT2D eigenvalue weighted by Gasteiger charge is -2.63. The second-order valence-corrected chi connectivity index (χ2v) is 18.8. The zero-order chi connectivity index (χ0) is 45.5. The molecule has 61 heavy (non-hydrogen) atoms. The van der Waals surface area contributed by atoms with Crippen LogP contribution in [0.25, 0.3) is 23.3 Å². The molecule has 4 aliphatic carbocycles. The minimum absolute atomic E-state index is 1.20. The van der Waals surface area contributed by atoms with E-state index in [0.29, 0.717) is 0 Å². The van der Waals surface area contributed by atoms with Crippen LogP contribution in [0.5, 0.6) is 0 Å². The molecule has 4 aromatic rings. The molecule has 0 aliphatic heterocycles. The lowest BCUT2D eigenvalue weighted by atomic mass is 10.0. The number of fused-ring (bicyclic) bond motifs is 4.